The van der Waals surface area contributed by atoms with E-state index in [0.717, 1.165) is 0 Å². The molecule has 3 rings (SSSR count). The van der Waals surface area contributed by atoms with Gasteiger partial charge >= 0.3 is 0 Å². The number of fused-ring (bicyclic) bond motifs is 1. The summed E-state index contributed by atoms with van der Waals surface area (Å²) in [5.41, 5.74) is 0.381. The van der Waals surface area contributed by atoms with Crippen molar-refractivity contribution in [3.05, 3.63) is 29.1 Å². The van der Waals surface area contributed by atoms with E-state index in [1.165, 1.54) is 24.1 Å². The van der Waals surface area contributed by atoms with E-state index in [1.54, 1.807) is 0 Å². The minimum Gasteiger partial charge on any atom is -0.496 e. The maximum Gasteiger partial charge on any atom is 0.258 e. The van der Waals surface area contributed by atoms with Crippen LogP contribution in [-0.4, -0.2) is 35.8 Å². The molecule has 0 spiro atoms. The number of hydrogen-bond acceptors (Lipinski definition) is 4. The predicted molar refractivity (Wildman–Crippen MR) is 69.0 cm³/mol. The second-order valence-corrected chi connectivity index (χ2v) is 5.00. The standard InChI is InChI=1S/C14H13FN2O4/c1-21-10-4-2-8(15)12-7(10)6-17(14(12)20)9-3-5-11(18)16-13(9)19/h2,4,9H,3,5-6H2,1H3,(H,16,18,19). The van der Waals surface area contributed by atoms with E-state index in [9.17, 15) is 18.8 Å². The fraction of sp³-hybridized carbons (Fsp3) is 0.357. The Balaban J connectivity index is 1.95. The molecule has 110 valence electrons. The molecule has 2 aliphatic heterocycles. The van der Waals surface area contributed by atoms with E-state index < -0.39 is 23.7 Å². The molecule has 0 radical (unpaired) electrons. The maximum atomic E-state index is 13.9. The minimum absolute atomic E-state index is 0.0564. The van der Waals surface area contributed by atoms with Gasteiger partial charge in [0.2, 0.25) is 11.8 Å². The Morgan fingerprint density at radius 1 is 1.33 bits per heavy atom. The Morgan fingerprint density at radius 2 is 2.10 bits per heavy atom. The normalized spacial score (nSPS) is 21.3. The first-order valence-corrected chi connectivity index (χ1v) is 6.53. The third kappa shape index (κ3) is 2.05. The van der Waals surface area contributed by atoms with Crippen molar-refractivity contribution in [2.75, 3.05) is 7.11 Å². The third-order valence-electron chi connectivity index (χ3n) is 3.83. The predicted octanol–water partition coefficient (Wildman–Crippen LogP) is 0.595. The highest BCUT2D eigenvalue weighted by Crippen LogP contribution is 2.34. The summed E-state index contributed by atoms with van der Waals surface area (Å²) in [5, 5.41) is 2.20. The first kappa shape index (κ1) is 13.5. The summed E-state index contributed by atoms with van der Waals surface area (Å²) in [5.74, 6) is -1.65. The summed E-state index contributed by atoms with van der Waals surface area (Å²) in [6, 6.07) is 1.87. The second kappa shape index (κ2) is 4.83. The van der Waals surface area contributed by atoms with Crippen LogP contribution in [0.1, 0.15) is 28.8 Å². The number of benzene rings is 1. The molecule has 2 heterocycles. The van der Waals surface area contributed by atoms with Crippen molar-refractivity contribution in [2.24, 2.45) is 0 Å². The van der Waals surface area contributed by atoms with Crippen LogP contribution in [0.5, 0.6) is 5.75 Å². The SMILES string of the molecule is COc1ccc(F)c2c1CN(C1CCC(=O)NC1=O)C2=O. The highest BCUT2D eigenvalue weighted by atomic mass is 19.1. The third-order valence-corrected chi connectivity index (χ3v) is 3.83. The molecule has 7 heteroatoms. The molecule has 1 saturated heterocycles. The number of nitrogens with zero attached hydrogens (tertiary/aromatic N) is 1. The van der Waals surface area contributed by atoms with Gasteiger partial charge in [0.25, 0.3) is 5.91 Å². The van der Waals surface area contributed by atoms with Crippen molar-refractivity contribution >= 4 is 17.7 Å². The van der Waals surface area contributed by atoms with E-state index in [4.69, 9.17) is 4.74 Å². The first-order chi connectivity index (χ1) is 10.0. The molecule has 0 aromatic heterocycles. The van der Waals surface area contributed by atoms with Gasteiger partial charge in [-0.1, -0.05) is 0 Å². The summed E-state index contributed by atoms with van der Waals surface area (Å²) in [6.07, 6.45) is 0.407. The second-order valence-electron chi connectivity index (χ2n) is 5.00. The smallest absolute Gasteiger partial charge is 0.258 e. The van der Waals surface area contributed by atoms with Crippen LogP contribution in [0.2, 0.25) is 0 Å². The van der Waals surface area contributed by atoms with Gasteiger partial charge < -0.3 is 9.64 Å². The van der Waals surface area contributed by atoms with Crippen molar-refractivity contribution in [3.8, 4) is 5.75 Å². The number of halogens is 1. The fourth-order valence-electron chi connectivity index (χ4n) is 2.80. The molecule has 21 heavy (non-hydrogen) atoms. The lowest BCUT2D eigenvalue weighted by atomic mass is 10.0. The van der Waals surface area contributed by atoms with Gasteiger partial charge in [-0.2, -0.15) is 0 Å². The fourth-order valence-corrected chi connectivity index (χ4v) is 2.80. The van der Waals surface area contributed by atoms with Crippen LogP contribution >= 0.6 is 0 Å². The lowest BCUT2D eigenvalue weighted by Gasteiger charge is -2.29. The summed E-state index contributed by atoms with van der Waals surface area (Å²) >= 11 is 0. The van der Waals surface area contributed by atoms with Crippen LogP contribution in [0.4, 0.5) is 4.39 Å². The number of hydrogen-bond donors (Lipinski definition) is 1. The highest BCUT2D eigenvalue weighted by Gasteiger charge is 2.41. The number of amides is 3. The zero-order valence-corrected chi connectivity index (χ0v) is 11.3. The number of methoxy groups -OCH3 is 1. The van der Waals surface area contributed by atoms with E-state index in [2.05, 4.69) is 5.32 Å². The lowest BCUT2D eigenvalue weighted by Crippen LogP contribution is -2.52. The molecule has 0 saturated carbocycles. The molecule has 1 N–H and O–H groups in total. The molecule has 1 aromatic carbocycles. The Hall–Kier alpha value is -2.44. The van der Waals surface area contributed by atoms with Crippen LogP contribution in [0.25, 0.3) is 0 Å². The molecule has 0 bridgehead atoms. The Kier molecular flexibility index (Phi) is 3.12. The van der Waals surface area contributed by atoms with Gasteiger partial charge in [0, 0.05) is 12.0 Å². The van der Waals surface area contributed by atoms with Gasteiger partial charge in [0.05, 0.1) is 19.2 Å². The van der Waals surface area contributed by atoms with Crippen LogP contribution < -0.4 is 10.1 Å². The number of ether oxygens (including phenoxy) is 1. The molecule has 1 atom stereocenters. The molecule has 6 nitrogen and oxygen atoms in total. The number of carbonyl (C=O) groups is 3. The molecular formula is C14H13FN2O4. The average Bonchev–Trinajstić information content (AvgIpc) is 2.78. The van der Waals surface area contributed by atoms with E-state index in [1.807, 2.05) is 0 Å². The van der Waals surface area contributed by atoms with Gasteiger partial charge in [-0.05, 0) is 18.6 Å². The van der Waals surface area contributed by atoms with Crippen LogP contribution in [0, 0.1) is 5.82 Å². The molecule has 1 unspecified atom stereocenters. The highest BCUT2D eigenvalue weighted by molar-refractivity contribution is 6.05. The zero-order chi connectivity index (χ0) is 15.1. The molecule has 2 aliphatic rings. The van der Waals surface area contributed by atoms with E-state index in [0.29, 0.717) is 11.3 Å². The first-order valence-electron chi connectivity index (χ1n) is 6.53. The molecule has 3 amide bonds. The Morgan fingerprint density at radius 3 is 2.76 bits per heavy atom. The van der Waals surface area contributed by atoms with Crippen molar-refractivity contribution in [1.82, 2.24) is 10.2 Å². The minimum atomic E-state index is -0.758. The number of imide groups is 1. The molecule has 1 aromatic rings. The zero-order valence-electron chi connectivity index (χ0n) is 11.3. The van der Waals surface area contributed by atoms with Gasteiger partial charge in [0.1, 0.15) is 17.6 Å². The van der Waals surface area contributed by atoms with E-state index >= 15 is 0 Å². The van der Waals surface area contributed by atoms with Crippen molar-refractivity contribution in [1.29, 1.82) is 0 Å². The van der Waals surface area contributed by atoms with Gasteiger partial charge in [-0.25, -0.2) is 4.39 Å². The lowest BCUT2D eigenvalue weighted by molar-refractivity contribution is -0.136. The summed E-state index contributed by atoms with van der Waals surface area (Å²) < 4.78 is 19.0. The van der Waals surface area contributed by atoms with Gasteiger partial charge in [0.15, 0.2) is 0 Å². The largest absolute Gasteiger partial charge is 0.496 e. The monoisotopic (exact) mass is 292 g/mol. The quantitative estimate of drug-likeness (QED) is 0.810. The molecule has 0 aliphatic carbocycles. The number of carbonyl (C=O) groups excluding carboxylic acids is 3. The van der Waals surface area contributed by atoms with Crippen molar-refractivity contribution < 1.29 is 23.5 Å². The number of piperidine rings is 1. The average molecular weight is 292 g/mol. The summed E-state index contributed by atoms with van der Waals surface area (Å²) in [4.78, 5) is 36.7. The number of rotatable bonds is 2. The van der Waals surface area contributed by atoms with E-state index in [-0.39, 0.29) is 30.9 Å². The summed E-state index contributed by atoms with van der Waals surface area (Å²) in [7, 11) is 1.44. The maximum absolute atomic E-state index is 13.9. The van der Waals surface area contributed by atoms with Crippen molar-refractivity contribution in [3.63, 3.8) is 0 Å². The van der Waals surface area contributed by atoms with Crippen LogP contribution in [0.3, 0.4) is 0 Å². The molecule has 1 fully saturated rings. The molecular weight excluding hydrogens is 279 g/mol. The Labute approximate surface area is 119 Å². The Bertz CT molecular complexity index is 659. The van der Waals surface area contributed by atoms with Crippen LogP contribution in [-0.2, 0) is 16.1 Å². The van der Waals surface area contributed by atoms with Gasteiger partial charge in [-0.15, -0.1) is 0 Å². The van der Waals surface area contributed by atoms with Crippen molar-refractivity contribution in [2.45, 2.75) is 25.4 Å². The summed E-state index contributed by atoms with van der Waals surface area (Å²) in [6.45, 7) is 0.0986. The van der Waals surface area contributed by atoms with Crippen LogP contribution in [0.15, 0.2) is 12.1 Å². The van der Waals surface area contributed by atoms with Gasteiger partial charge in [-0.3, -0.25) is 19.7 Å². The topological polar surface area (TPSA) is 75.7 Å². The number of nitrogens with one attached hydrogen (secondary N) is 1.